The number of aryl methyl sites for hydroxylation is 2. The van der Waals surface area contributed by atoms with Gasteiger partial charge < -0.3 is 14.6 Å². The third kappa shape index (κ3) is 3.13. The Labute approximate surface area is 123 Å². The van der Waals surface area contributed by atoms with Gasteiger partial charge in [0.15, 0.2) is 0 Å². The Morgan fingerprint density at radius 3 is 2.71 bits per heavy atom. The number of hydrogen-bond acceptors (Lipinski definition) is 3. The number of benzene rings is 1. The summed E-state index contributed by atoms with van der Waals surface area (Å²) in [5.41, 5.74) is 1.92. The second-order valence-electron chi connectivity index (χ2n) is 4.67. The molecular weight excluding hydrogens is 268 g/mol. The zero-order valence-corrected chi connectivity index (χ0v) is 12.3. The summed E-state index contributed by atoms with van der Waals surface area (Å²) >= 11 is 0. The van der Waals surface area contributed by atoms with Crippen LogP contribution in [0, 0.1) is 0 Å². The second kappa shape index (κ2) is 6.26. The smallest absolute Gasteiger partial charge is 0.260 e. The van der Waals surface area contributed by atoms with Crippen LogP contribution in [0.25, 0.3) is 0 Å². The molecule has 0 aliphatic heterocycles. The molecule has 1 amide bonds. The van der Waals surface area contributed by atoms with Crippen LogP contribution in [0.5, 0.6) is 5.75 Å². The Balaban J connectivity index is 2.37. The lowest BCUT2D eigenvalue weighted by molar-refractivity contribution is 0.102. The Morgan fingerprint density at radius 1 is 1.33 bits per heavy atom. The predicted molar refractivity (Wildman–Crippen MR) is 82.0 cm³/mol. The summed E-state index contributed by atoms with van der Waals surface area (Å²) in [6.07, 6.45) is 2.30. The Morgan fingerprint density at radius 2 is 2.05 bits per heavy atom. The van der Waals surface area contributed by atoms with Crippen molar-refractivity contribution in [3.63, 3.8) is 0 Å². The van der Waals surface area contributed by atoms with Crippen LogP contribution >= 0.6 is 0 Å². The van der Waals surface area contributed by atoms with Gasteiger partial charge in [-0.3, -0.25) is 9.59 Å². The highest BCUT2D eigenvalue weighted by Crippen LogP contribution is 2.20. The number of hydrogen-bond donors (Lipinski definition) is 1. The van der Waals surface area contributed by atoms with Crippen molar-refractivity contribution in [1.29, 1.82) is 0 Å². The van der Waals surface area contributed by atoms with Crippen molar-refractivity contribution in [3.8, 4) is 5.75 Å². The average Bonchev–Trinajstić information content (AvgIpc) is 2.50. The van der Waals surface area contributed by atoms with E-state index < -0.39 is 0 Å². The van der Waals surface area contributed by atoms with E-state index >= 15 is 0 Å². The standard InChI is InChI=1S/C16H18N2O3/c1-4-11-7-5-6-8-13(11)17-16(20)12-10-18(2)15(19)9-14(12)21-3/h5-10H,4H2,1-3H3,(H,17,20). The topological polar surface area (TPSA) is 60.3 Å². The van der Waals surface area contributed by atoms with E-state index in [1.807, 2.05) is 31.2 Å². The summed E-state index contributed by atoms with van der Waals surface area (Å²) in [6.45, 7) is 2.03. The first kappa shape index (κ1) is 14.8. The summed E-state index contributed by atoms with van der Waals surface area (Å²) in [5.74, 6) is -0.0343. The van der Waals surface area contributed by atoms with Crippen molar-refractivity contribution in [3.05, 3.63) is 58.0 Å². The normalized spacial score (nSPS) is 10.2. The number of anilines is 1. The van der Waals surface area contributed by atoms with Crippen LogP contribution in [0.3, 0.4) is 0 Å². The highest BCUT2D eigenvalue weighted by molar-refractivity contribution is 6.06. The molecule has 0 saturated heterocycles. The third-order valence-electron chi connectivity index (χ3n) is 3.30. The maximum absolute atomic E-state index is 12.4. The van der Waals surface area contributed by atoms with Crippen molar-refractivity contribution in [1.82, 2.24) is 4.57 Å². The molecule has 0 bridgehead atoms. The van der Waals surface area contributed by atoms with Gasteiger partial charge in [-0.25, -0.2) is 0 Å². The molecule has 0 saturated carbocycles. The highest BCUT2D eigenvalue weighted by Gasteiger charge is 2.15. The summed E-state index contributed by atoms with van der Waals surface area (Å²) in [4.78, 5) is 24.0. The van der Waals surface area contributed by atoms with Crippen molar-refractivity contribution < 1.29 is 9.53 Å². The number of carbonyl (C=O) groups is 1. The molecule has 0 aliphatic rings. The first-order valence-corrected chi connectivity index (χ1v) is 6.70. The number of nitrogens with one attached hydrogen (secondary N) is 1. The van der Waals surface area contributed by atoms with Crippen LogP contribution in [0.1, 0.15) is 22.8 Å². The number of nitrogens with zero attached hydrogens (tertiary/aromatic N) is 1. The van der Waals surface area contributed by atoms with E-state index in [-0.39, 0.29) is 17.2 Å². The molecule has 5 heteroatoms. The van der Waals surface area contributed by atoms with Crippen LogP contribution in [-0.4, -0.2) is 17.6 Å². The van der Waals surface area contributed by atoms with Crippen LogP contribution in [0.4, 0.5) is 5.69 Å². The molecule has 2 rings (SSSR count). The van der Waals surface area contributed by atoms with Crippen LogP contribution in [0.2, 0.25) is 0 Å². The lowest BCUT2D eigenvalue weighted by Crippen LogP contribution is -2.21. The van der Waals surface area contributed by atoms with E-state index in [4.69, 9.17) is 4.74 Å². The largest absolute Gasteiger partial charge is 0.496 e. The van der Waals surface area contributed by atoms with E-state index in [0.29, 0.717) is 5.56 Å². The second-order valence-corrected chi connectivity index (χ2v) is 4.67. The molecule has 0 spiro atoms. The summed E-state index contributed by atoms with van der Waals surface area (Å²) in [6, 6.07) is 8.92. The molecule has 0 atom stereocenters. The van der Waals surface area contributed by atoms with Gasteiger partial charge in [-0.2, -0.15) is 0 Å². The maximum atomic E-state index is 12.4. The van der Waals surface area contributed by atoms with E-state index in [9.17, 15) is 9.59 Å². The molecule has 1 aromatic carbocycles. The zero-order valence-electron chi connectivity index (χ0n) is 12.3. The van der Waals surface area contributed by atoms with Crippen molar-refractivity contribution in [2.24, 2.45) is 7.05 Å². The van der Waals surface area contributed by atoms with E-state index in [1.165, 1.54) is 23.9 Å². The minimum Gasteiger partial charge on any atom is -0.496 e. The lowest BCUT2D eigenvalue weighted by Gasteiger charge is -2.12. The molecule has 0 radical (unpaired) electrons. The summed E-state index contributed by atoms with van der Waals surface area (Å²) in [7, 11) is 3.03. The molecule has 5 nitrogen and oxygen atoms in total. The minimum atomic E-state index is -0.302. The highest BCUT2D eigenvalue weighted by atomic mass is 16.5. The SMILES string of the molecule is CCc1ccccc1NC(=O)c1cn(C)c(=O)cc1OC. The van der Waals surface area contributed by atoms with Gasteiger partial charge in [-0.05, 0) is 18.1 Å². The number of para-hydroxylation sites is 1. The molecule has 2 aromatic rings. The van der Waals surface area contributed by atoms with Crippen molar-refractivity contribution in [2.75, 3.05) is 12.4 Å². The van der Waals surface area contributed by atoms with Gasteiger partial charge in [0.05, 0.1) is 12.7 Å². The van der Waals surface area contributed by atoms with Gasteiger partial charge in [0.1, 0.15) is 5.75 Å². The number of aromatic nitrogens is 1. The van der Waals surface area contributed by atoms with E-state index in [1.54, 1.807) is 7.05 Å². The fourth-order valence-corrected chi connectivity index (χ4v) is 2.09. The molecule has 21 heavy (non-hydrogen) atoms. The van der Waals surface area contributed by atoms with E-state index in [0.717, 1.165) is 17.7 Å². The molecular formula is C16H18N2O3. The minimum absolute atomic E-state index is 0.225. The molecule has 0 aliphatic carbocycles. The summed E-state index contributed by atoms with van der Waals surface area (Å²) in [5, 5.41) is 2.86. The number of rotatable bonds is 4. The number of methoxy groups -OCH3 is 1. The summed E-state index contributed by atoms with van der Waals surface area (Å²) < 4.78 is 6.47. The number of carbonyl (C=O) groups excluding carboxylic acids is 1. The lowest BCUT2D eigenvalue weighted by atomic mass is 10.1. The number of amides is 1. The molecule has 0 unspecified atom stereocenters. The Bertz CT molecular complexity index is 720. The van der Waals surface area contributed by atoms with Crippen LogP contribution < -0.4 is 15.6 Å². The first-order valence-electron chi connectivity index (χ1n) is 6.70. The Kier molecular flexibility index (Phi) is 4.42. The molecule has 1 heterocycles. The molecule has 1 aromatic heterocycles. The van der Waals surface area contributed by atoms with Gasteiger partial charge in [0.2, 0.25) is 0 Å². The molecule has 1 N–H and O–H groups in total. The predicted octanol–water partition coefficient (Wildman–Crippen LogP) is 2.21. The third-order valence-corrected chi connectivity index (χ3v) is 3.30. The fourth-order valence-electron chi connectivity index (χ4n) is 2.09. The van der Waals surface area contributed by atoms with Gasteiger partial charge in [0, 0.05) is 25.0 Å². The quantitative estimate of drug-likeness (QED) is 0.937. The number of pyridine rings is 1. The first-order chi connectivity index (χ1) is 10.1. The number of ether oxygens (including phenoxy) is 1. The van der Waals surface area contributed by atoms with Gasteiger partial charge in [0.25, 0.3) is 11.5 Å². The maximum Gasteiger partial charge on any atom is 0.260 e. The molecule has 110 valence electrons. The zero-order chi connectivity index (χ0) is 15.4. The van der Waals surface area contributed by atoms with Gasteiger partial charge >= 0.3 is 0 Å². The van der Waals surface area contributed by atoms with Gasteiger partial charge in [-0.1, -0.05) is 25.1 Å². The monoisotopic (exact) mass is 286 g/mol. The fraction of sp³-hybridized carbons (Fsp3) is 0.250. The van der Waals surface area contributed by atoms with Gasteiger partial charge in [-0.15, -0.1) is 0 Å². The average molecular weight is 286 g/mol. The van der Waals surface area contributed by atoms with Crippen molar-refractivity contribution in [2.45, 2.75) is 13.3 Å². The Hall–Kier alpha value is -2.56. The van der Waals surface area contributed by atoms with Crippen molar-refractivity contribution >= 4 is 11.6 Å². The van der Waals surface area contributed by atoms with Crippen LogP contribution in [-0.2, 0) is 13.5 Å². The molecule has 0 fully saturated rings. The van der Waals surface area contributed by atoms with E-state index in [2.05, 4.69) is 5.32 Å². The van der Waals surface area contributed by atoms with Crippen LogP contribution in [0.15, 0.2) is 41.3 Å².